The molecule has 5 nitrogen and oxygen atoms in total. The molecule has 0 aliphatic rings. The van der Waals surface area contributed by atoms with Crippen LogP contribution in [0.2, 0.25) is 0 Å². The molecule has 0 fully saturated rings. The van der Waals surface area contributed by atoms with Gasteiger partial charge in [0.2, 0.25) is 0 Å². The molecule has 2 aromatic heterocycles. The predicted octanol–water partition coefficient (Wildman–Crippen LogP) is 3.48. The highest BCUT2D eigenvalue weighted by atomic mass is 127. The van der Waals surface area contributed by atoms with E-state index in [2.05, 4.69) is 27.7 Å². The van der Waals surface area contributed by atoms with Crippen LogP contribution in [-0.4, -0.2) is 23.0 Å². The summed E-state index contributed by atoms with van der Waals surface area (Å²) in [6.07, 6.45) is 0.842. The van der Waals surface area contributed by atoms with Crippen LogP contribution in [0.3, 0.4) is 0 Å². The van der Waals surface area contributed by atoms with Crippen LogP contribution >= 0.6 is 22.6 Å². The van der Waals surface area contributed by atoms with Gasteiger partial charge in [0, 0.05) is 5.56 Å². The summed E-state index contributed by atoms with van der Waals surface area (Å²) in [5.41, 5.74) is 3.29. The maximum atomic E-state index is 11.1. The number of aromatic nitrogens is 2. The van der Waals surface area contributed by atoms with Gasteiger partial charge in [-0.2, -0.15) is 5.10 Å². The largest absolute Gasteiger partial charge is 0.497 e. The van der Waals surface area contributed by atoms with E-state index < -0.39 is 0 Å². The van der Waals surface area contributed by atoms with Gasteiger partial charge in [0.25, 0.3) is 0 Å². The second kappa shape index (κ2) is 7.10. The maximum absolute atomic E-state index is 11.1. The van der Waals surface area contributed by atoms with E-state index in [1.807, 2.05) is 36.4 Å². The van der Waals surface area contributed by atoms with Crippen molar-refractivity contribution in [2.24, 2.45) is 0 Å². The molecule has 3 rings (SSSR count). The van der Waals surface area contributed by atoms with Crippen molar-refractivity contribution in [3.8, 4) is 5.75 Å². The van der Waals surface area contributed by atoms with E-state index in [9.17, 15) is 4.79 Å². The minimum Gasteiger partial charge on any atom is -0.497 e. The highest BCUT2D eigenvalue weighted by Gasteiger charge is 2.08. The highest BCUT2D eigenvalue weighted by molar-refractivity contribution is 14.1. The lowest BCUT2D eigenvalue weighted by atomic mass is 10.2. The quantitative estimate of drug-likeness (QED) is 0.347. The number of hydrogen-bond donors (Lipinski definition) is 0. The molecule has 0 amide bonds. The number of halogens is 1. The average Bonchev–Trinajstić information content (AvgIpc) is 3.01. The summed E-state index contributed by atoms with van der Waals surface area (Å²) in [7, 11) is 1.64. The number of ether oxygens (including phenoxy) is 2. The van der Waals surface area contributed by atoms with Gasteiger partial charge in [0.1, 0.15) is 9.45 Å². The first-order chi connectivity index (χ1) is 11.2. The molecule has 2 heterocycles. The number of methoxy groups -OCH3 is 1. The van der Waals surface area contributed by atoms with Gasteiger partial charge < -0.3 is 9.47 Å². The summed E-state index contributed by atoms with van der Waals surface area (Å²) < 4.78 is 13.6. The molecule has 118 valence electrons. The van der Waals surface area contributed by atoms with Crippen molar-refractivity contribution in [1.29, 1.82) is 0 Å². The van der Waals surface area contributed by atoms with Crippen molar-refractivity contribution in [1.82, 2.24) is 9.61 Å². The standard InChI is InChI=1S/C17H15IN2O3/c1-22-15-5-2-12(3-6-15)10-23-11-14-8-16-13(9-21)4-7-17(18)20(16)19-14/h2-9H,10-11H2,1H3. The van der Waals surface area contributed by atoms with Gasteiger partial charge in [-0.3, -0.25) is 4.79 Å². The van der Waals surface area contributed by atoms with Crippen molar-refractivity contribution in [3.05, 3.63) is 63.0 Å². The Hall–Kier alpha value is -1.93. The number of hydrogen-bond acceptors (Lipinski definition) is 4. The number of nitrogens with zero attached hydrogens (tertiary/aromatic N) is 2. The Balaban J connectivity index is 1.69. The van der Waals surface area contributed by atoms with Crippen LogP contribution in [0.5, 0.6) is 5.75 Å². The average molecular weight is 422 g/mol. The van der Waals surface area contributed by atoms with Crippen LogP contribution in [0.4, 0.5) is 0 Å². The van der Waals surface area contributed by atoms with Crippen molar-refractivity contribution in [3.63, 3.8) is 0 Å². The first-order valence-electron chi connectivity index (χ1n) is 7.04. The Morgan fingerprint density at radius 3 is 2.65 bits per heavy atom. The first-order valence-corrected chi connectivity index (χ1v) is 8.12. The molecule has 0 saturated carbocycles. The van der Waals surface area contributed by atoms with Crippen molar-refractivity contribution in [2.75, 3.05) is 7.11 Å². The van der Waals surface area contributed by atoms with Crippen LogP contribution in [-0.2, 0) is 18.0 Å². The summed E-state index contributed by atoms with van der Waals surface area (Å²) in [4.78, 5) is 11.1. The Kier molecular flexibility index (Phi) is 4.92. The molecular weight excluding hydrogens is 407 g/mol. The third kappa shape index (κ3) is 3.53. The Labute approximate surface area is 147 Å². The molecular formula is C17H15IN2O3. The molecule has 0 aliphatic heterocycles. The normalized spacial score (nSPS) is 10.9. The lowest BCUT2D eigenvalue weighted by molar-refractivity contribution is 0.104. The molecule has 23 heavy (non-hydrogen) atoms. The Morgan fingerprint density at radius 2 is 1.96 bits per heavy atom. The lowest BCUT2D eigenvalue weighted by Crippen LogP contribution is -1.98. The van der Waals surface area contributed by atoms with E-state index in [0.29, 0.717) is 18.8 Å². The molecule has 6 heteroatoms. The minimum atomic E-state index is 0.391. The second-order valence-electron chi connectivity index (χ2n) is 5.00. The molecule has 0 spiro atoms. The van der Waals surface area contributed by atoms with Crippen LogP contribution in [0.1, 0.15) is 21.6 Å². The van der Waals surface area contributed by atoms with E-state index in [-0.39, 0.29) is 0 Å². The van der Waals surface area contributed by atoms with Gasteiger partial charge in [0.15, 0.2) is 6.29 Å². The summed E-state index contributed by atoms with van der Waals surface area (Å²) in [5.74, 6) is 0.824. The summed E-state index contributed by atoms with van der Waals surface area (Å²) in [6, 6.07) is 13.3. The smallest absolute Gasteiger partial charge is 0.152 e. The molecule has 0 N–H and O–H groups in total. The second-order valence-corrected chi connectivity index (χ2v) is 6.11. The van der Waals surface area contributed by atoms with Crippen molar-refractivity contribution in [2.45, 2.75) is 13.2 Å². The zero-order valence-corrected chi connectivity index (χ0v) is 14.7. The first kappa shape index (κ1) is 15.9. The topological polar surface area (TPSA) is 52.8 Å². The summed E-state index contributed by atoms with van der Waals surface area (Å²) in [6.45, 7) is 0.886. The van der Waals surface area contributed by atoms with Gasteiger partial charge in [0.05, 0.1) is 31.5 Å². The Morgan fingerprint density at radius 1 is 1.17 bits per heavy atom. The highest BCUT2D eigenvalue weighted by Crippen LogP contribution is 2.17. The molecule has 0 bridgehead atoms. The number of fused-ring (bicyclic) bond motifs is 1. The van der Waals surface area contributed by atoms with E-state index in [0.717, 1.165) is 32.5 Å². The SMILES string of the molecule is COc1ccc(COCc2cc3c(C=O)ccc(I)n3n2)cc1. The van der Waals surface area contributed by atoms with E-state index in [4.69, 9.17) is 9.47 Å². The Bertz CT molecular complexity index is 828. The van der Waals surface area contributed by atoms with Crippen molar-refractivity contribution >= 4 is 34.4 Å². The van der Waals surface area contributed by atoms with Crippen LogP contribution in [0, 0.1) is 3.70 Å². The van der Waals surface area contributed by atoms with Crippen LogP contribution in [0.15, 0.2) is 42.5 Å². The molecule has 0 unspecified atom stereocenters. The zero-order valence-electron chi connectivity index (χ0n) is 12.5. The van der Waals surface area contributed by atoms with Gasteiger partial charge in [-0.25, -0.2) is 4.52 Å². The molecule has 0 atom stereocenters. The number of rotatable bonds is 6. The van der Waals surface area contributed by atoms with E-state index in [1.54, 1.807) is 17.7 Å². The van der Waals surface area contributed by atoms with Crippen LogP contribution < -0.4 is 4.74 Å². The van der Waals surface area contributed by atoms with E-state index in [1.165, 1.54) is 0 Å². The fourth-order valence-corrected chi connectivity index (χ4v) is 2.83. The lowest BCUT2D eigenvalue weighted by Gasteiger charge is -2.04. The molecule has 1 aromatic carbocycles. The van der Waals surface area contributed by atoms with Gasteiger partial charge >= 0.3 is 0 Å². The maximum Gasteiger partial charge on any atom is 0.152 e. The third-order valence-electron chi connectivity index (χ3n) is 3.46. The molecule has 0 radical (unpaired) electrons. The van der Waals surface area contributed by atoms with Gasteiger partial charge in [-0.05, 0) is 58.5 Å². The number of pyridine rings is 1. The van der Waals surface area contributed by atoms with Gasteiger partial charge in [-0.15, -0.1) is 0 Å². The number of carbonyl (C=O) groups is 1. The molecule has 0 saturated heterocycles. The monoisotopic (exact) mass is 422 g/mol. The third-order valence-corrected chi connectivity index (χ3v) is 4.28. The van der Waals surface area contributed by atoms with Gasteiger partial charge in [-0.1, -0.05) is 12.1 Å². The zero-order chi connectivity index (χ0) is 16.2. The molecule has 0 aliphatic carbocycles. The number of benzene rings is 1. The van der Waals surface area contributed by atoms with Crippen LogP contribution in [0.25, 0.3) is 5.52 Å². The fraction of sp³-hybridized carbons (Fsp3) is 0.176. The summed E-state index contributed by atoms with van der Waals surface area (Å²) >= 11 is 2.19. The number of aldehydes is 1. The van der Waals surface area contributed by atoms with E-state index >= 15 is 0 Å². The van der Waals surface area contributed by atoms with Crippen molar-refractivity contribution < 1.29 is 14.3 Å². The summed E-state index contributed by atoms with van der Waals surface area (Å²) in [5, 5.41) is 4.48. The predicted molar refractivity (Wildman–Crippen MR) is 94.8 cm³/mol. The fourth-order valence-electron chi connectivity index (χ4n) is 2.28. The minimum absolute atomic E-state index is 0.391. The molecule has 3 aromatic rings. The number of carbonyl (C=O) groups excluding carboxylic acids is 1.